The SMILES string of the molecule is CCC(C)SCC(=O)c1ccc(SC)cc1. The van der Waals surface area contributed by atoms with Gasteiger partial charge in [0.15, 0.2) is 5.78 Å². The molecular weight excluding hydrogens is 236 g/mol. The first-order valence-corrected chi connectivity index (χ1v) is 7.73. The Morgan fingerprint density at radius 3 is 2.44 bits per heavy atom. The number of benzene rings is 1. The Morgan fingerprint density at radius 2 is 1.94 bits per heavy atom. The van der Waals surface area contributed by atoms with E-state index in [0.29, 0.717) is 11.0 Å². The molecule has 0 spiro atoms. The summed E-state index contributed by atoms with van der Waals surface area (Å²) in [5.41, 5.74) is 0.827. The number of carbonyl (C=O) groups excluding carboxylic acids is 1. The summed E-state index contributed by atoms with van der Waals surface area (Å²) < 4.78 is 0. The zero-order chi connectivity index (χ0) is 12.0. The minimum absolute atomic E-state index is 0.234. The Labute approximate surface area is 106 Å². The van der Waals surface area contributed by atoms with Gasteiger partial charge < -0.3 is 0 Å². The first-order chi connectivity index (χ1) is 7.67. The van der Waals surface area contributed by atoms with Crippen molar-refractivity contribution in [1.82, 2.24) is 0 Å². The summed E-state index contributed by atoms with van der Waals surface area (Å²) in [6, 6.07) is 7.86. The minimum Gasteiger partial charge on any atom is -0.293 e. The van der Waals surface area contributed by atoms with Crippen molar-refractivity contribution in [2.24, 2.45) is 0 Å². The molecule has 1 rings (SSSR count). The van der Waals surface area contributed by atoms with Gasteiger partial charge in [0.05, 0.1) is 5.75 Å². The van der Waals surface area contributed by atoms with Gasteiger partial charge in [0.1, 0.15) is 0 Å². The number of Topliss-reactive ketones (excluding diaryl/α,β-unsaturated/α-hetero) is 1. The summed E-state index contributed by atoms with van der Waals surface area (Å²) in [6.45, 7) is 4.31. The van der Waals surface area contributed by atoms with Gasteiger partial charge in [-0.1, -0.05) is 26.0 Å². The Balaban J connectivity index is 2.52. The van der Waals surface area contributed by atoms with Crippen molar-refractivity contribution in [1.29, 1.82) is 0 Å². The van der Waals surface area contributed by atoms with Gasteiger partial charge in [-0.15, -0.1) is 11.8 Å². The molecule has 0 aliphatic rings. The molecule has 1 aromatic rings. The van der Waals surface area contributed by atoms with Crippen LogP contribution in [0.2, 0.25) is 0 Å². The van der Waals surface area contributed by atoms with E-state index in [-0.39, 0.29) is 5.78 Å². The molecule has 0 aliphatic heterocycles. The molecular formula is C13H18OS2. The molecule has 88 valence electrons. The van der Waals surface area contributed by atoms with Crippen LogP contribution in [0.3, 0.4) is 0 Å². The highest BCUT2D eigenvalue weighted by Gasteiger charge is 2.08. The molecule has 0 aliphatic carbocycles. The number of rotatable bonds is 6. The summed E-state index contributed by atoms with van der Waals surface area (Å²) in [5.74, 6) is 0.825. The molecule has 0 N–H and O–H groups in total. The Bertz CT molecular complexity index is 332. The van der Waals surface area contributed by atoms with Gasteiger partial charge in [-0.25, -0.2) is 0 Å². The fourth-order valence-electron chi connectivity index (χ4n) is 1.20. The van der Waals surface area contributed by atoms with Crippen molar-refractivity contribution >= 4 is 29.3 Å². The number of thioether (sulfide) groups is 2. The number of hydrogen-bond donors (Lipinski definition) is 0. The standard InChI is InChI=1S/C13H18OS2/c1-4-10(2)16-9-13(14)11-5-7-12(15-3)8-6-11/h5-8,10H,4,9H2,1-3H3. The van der Waals surface area contributed by atoms with Gasteiger partial charge in [0, 0.05) is 15.7 Å². The molecule has 0 aromatic heterocycles. The third-order valence-electron chi connectivity index (χ3n) is 2.49. The Morgan fingerprint density at radius 1 is 1.31 bits per heavy atom. The van der Waals surface area contributed by atoms with Crippen molar-refractivity contribution in [2.45, 2.75) is 30.4 Å². The van der Waals surface area contributed by atoms with Crippen LogP contribution in [0.15, 0.2) is 29.2 Å². The molecule has 1 aromatic carbocycles. The minimum atomic E-state index is 0.234. The van der Waals surface area contributed by atoms with Crippen LogP contribution in [0.25, 0.3) is 0 Å². The summed E-state index contributed by atoms with van der Waals surface area (Å²) in [4.78, 5) is 13.0. The molecule has 0 radical (unpaired) electrons. The van der Waals surface area contributed by atoms with Crippen molar-refractivity contribution in [3.05, 3.63) is 29.8 Å². The fourth-order valence-corrected chi connectivity index (χ4v) is 2.44. The van der Waals surface area contributed by atoms with Crippen molar-refractivity contribution in [3.63, 3.8) is 0 Å². The van der Waals surface area contributed by atoms with E-state index < -0.39 is 0 Å². The molecule has 1 nitrogen and oxygen atoms in total. The van der Waals surface area contributed by atoms with Crippen molar-refractivity contribution in [3.8, 4) is 0 Å². The fraction of sp³-hybridized carbons (Fsp3) is 0.462. The van der Waals surface area contributed by atoms with E-state index in [1.54, 1.807) is 23.5 Å². The molecule has 1 atom stereocenters. The molecule has 0 amide bonds. The van der Waals surface area contributed by atoms with Crippen LogP contribution in [-0.2, 0) is 0 Å². The maximum Gasteiger partial charge on any atom is 0.172 e. The monoisotopic (exact) mass is 254 g/mol. The lowest BCUT2D eigenvalue weighted by molar-refractivity contribution is 0.102. The predicted octanol–water partition coefficient (Wildman–Crippen LogP) is 4.12. The van der Waals surface area contributed by atoms with E-state index in [2.05, 4.69) is 13.8 Å². The average Bonchev–Trinajstić information content (AvgIpc) is 2.35. The summed E-state index contributed by atoms with van der Waals surface area (Å²) >= 11 is 3.43. The molecule has 3 heteroatoms. The van der Waals surface area contributed by atoms with E-state index in [4.69, 9.17) is 0 Å². The van der Waals surface area contributed by atoms with Crippen LogP contribution < -0.4 is 0 Å². The molecule has 0 saturated heterocycles. The second kappa shape index (κ2) is 7.02. The number of carbonyl (C=O) groups is 1. The lowest BCUT2D eigenvalue weighted by atomic mass is 10.1. The van der Waals surface area contributed by atoms with Crippen LogP contribution >= 0.6 is 23.5 Å². The van der Waals surface area contributed by atoms with E-state index >= 15 is 0 Å². The zero-order valence-electron chi connectivity index (χ0n) is 10.0. The topological polar surface area (TPSA) is 17.1 Å². The van der Waals surface area contributed by atoms with Crippen LogP contribution in [-0.4, -0.2) is 23.0 Å². The lowest BCUT2D eigenvalue weighted by Crippen LogP contribution is -2.05. The van der Waals surface area contributed by atoms with Gasteiger partial charge >= 0.3 is 0 Å². The molecule has 16 heavy (non-hydrogen) atoms. The van der Waals surface area contributed by atoms with Gasteiger partial charge in [0.2, 0.25) is 0 Å². The largest absolute Gasteiger partial charge is 0.293 e. The highest BCUT2D eigenvalue weighted by Crippen LogP contribution is 2.18. The van der Waals surface area contributed by atoms with Crippen molar-refractivity contribution < 1.29 is 4.79 Å². The summed E-state index contributed by atoms with van der Waals surface area (Å²) in [5, 5.41) is 0.564. The second-order valence-electron chi connectivity index (χ2n) is 3.68. The Hall–Kier alpha value is -0.410. The maximum atomic E-state index is 11.8. The first kappa shape index (κ1) is 13.7. The highest BCUT2D eigenvalue weighted by molar-refractivity contribution is 8.00. The van der Waals surface area contributed by atoms with Crippen LogP contribution in [0.4, 0.5) is 0 Å². The quantitative estimate of drug-likeness (QED) is 0.561. The number of hydrogen-bond acceptors (Lipinski definition) is 3. The average molecular weight is 254 g/mol. The second-order valence-corrected chi connectivity index (χ2v) is 5.99. The zero-order valence-corrected chi connectivity index (χ0v) is 11.7. The molecule has 0 bridgehead atoms. The van der Waals surface area contributed by atoms with E-state index in [0.717, 1.165) is 12.0 Å². The third-order valence-corrected chi connectivity index (χ3v) is 4.56. The van der Waals surface area contributed by atoms with Gasteiger partial charge in [-0.3, -0.25) is 4.79 Å². The number of ketones is 1. The summed E-state index contributed by atoms with van der Waals surface area (Å²) in [6.07, 6.45) is 3.15. The van der Waals surface area contributed by atoms with E-state index in [1.807, 2.05) is 30.5 Å². The van der Waals surface area contributed by atoms with E-state index in [1.165, 1.54) is 4.90 Å². The molecule has 0 heterocycles. The highest BCUT2D eigenvalue weighted by atomic mass is 32.2. The van der Waals surface area contributed by atoms with Crippen molar-refractivity contribution in [2.75, 3.05) is 12.0 Å². The predicted molar refractivity (Wildman–Crippen MR) is 74.8 cm³/mol. The van der Waals surface area contributed by atoms with Crippen LogP contribution in [0, 0.1) is 0 Å². The maximum absolute atomic E-state index is 11.8. The van der Waals surface area contributed by atoms with Gasteiger partial charge in [-0.05, 0) is 24.8 Å². The van der Waals surface area contributed by atoms with Crippen LogP contribution in [0.5, 0.6) is 0 Å². The first-order valence-electron chi connectivity index (χ1n) is 5.46. The van der Waals surface area contributed by atoms with E-state index in [9.17, 15) is 4.79 Å². The molecule has 0 saturated carbocycles. The van der Waals surface area contributed by atoms with Gasteiger partial charge in [-0.2, -0.15) is 11.8 Å². The normalized spacial score (nSPS) is 12.4. The molecule has 1 unspecified atom stereocenters. The van der Waals surface area contributed by atoms with Gasteiger partial charge in [0.25, 0.3) is 0 Å². The lowest BCUT2D eigenvalue weighted by Gasteiger charge is -2.07. The smallest absolute Gasteiger partial charge is 0.172 e. The summed E-state index contributed by atoms with van der Waals surface area (Å²) in [7, 11) is 0. The molecule has 0 fully saturated rings. The third kappa shape index (κ3) is 4.22. The van der Waals surface area contributed by atoms with Crippen LogP contribution in [0.1, 0.15) is 30.6 Å². The Kier molecular flexibility index (Phi) is 5.99.